The molecule has 1 heterocycles. The molecule has 5 nitrogen and oxygen atoms in total. The molecule has 1 aliphatic heterocycles. The zero-order valence-electron chi connectivity index (χ0n) is 15.7. The molecule has 1 saturated heterocycles. The van der Waals surface area contributed by atoms with E-state index in [0.29, 0.717) is 25.9 Å². The first-order chi connectivity index (χ1) is 13.0. The lowest BCUT2D eigenvalue weighted by Gasteiger charge is -2.31. The summed E-state index contributed by atoms with van der Waals surface area (Å²) >= 11 is 0. The van der Waals surface area contributed by atoms with Crippen LogP contribution < -0.4 is 5.32 Å². The van der Waals surface area contributed by atoms with Gasteiger partial charge in [0.25, 0.3) is 0 Å². The van der Waals surface area contributed by atoms with Gasteiger partial charge >= 0.3 is 0 Å². The summed E-state index contributed by atoms with van der Waals surface area (Å²) in [6.45, 7) is 0.644. The summed E-state index contributed by atoms with van der Waals surface area (Å²) in [5.41, 5.74) is 0. The van der Waals surface area contributed by atoms with Gasteiger partial charge in [0.1, 0.15) is 5.82 Å². The second-order valence-electron chi connectivity index (χ2n) is 7.68. The fraction of sp³-hybridized carbons (Fsp3) is 0.650. The van der Waals surface area contributed by atoms with E-state index in [9.17, 15) is 17.6 Å². The highest BCUT2D eigenvalue weighted by atomic mass is 32.2. The Hall–Kier alpha value is -1.47. The number of sulfonamides is 1. The number of rotatable bonds is 4. The summed E-state index contributed by atoms with van der Waals surface area (Å²) in [7, 11) is -3.63. The summed E-state index contributed by atoms with van der Waals surface area (Å²) in [5.74, 6) is -0.520. The van der Waals surface area contributed by atoms with Crippen molar-refractivity contribution >= 4 is 15.9 Å². The van der Waals surface area contributed by atoms with Crippen LogP contribution in [-0.2, 0) is 14.8 Å². The molecular weight excluding hydrogens is 367 g/mol. The molecule has 0 bridgehead atoms. The van der Waals surface area contributed by atoms with E-state index in [1.165, 1.54) is 48.5 Å². The molecule has 1 aliphatic carbocycles. The molecule has 27 heavy (non-hydrogen) atoms. The number of nitrogens with zero attached hydrogens (tertiary/aromatic N) is 1. The normalized spacial score (nSPS) is 21.4. The van der Waals surface area contributed by atoms with Crippen LogP contribution in [0.2, 0.25) is 0 Å². The minimum Gasteiger partial charge on any atom is -0.353 e. The number of hydrogen-bond acceptors (Lipinski definition) is 3. The Bertz CT molecular complexity index is 720. The monoisotopic (exact) mass is 396 g/mol. The highest BCUT2D eigenvalue weighted by Gasteiger charge is 2.32. The van der Waals surface area contributed by atoms with Crippen LogP contribution in [0.1, 0.15) is 57.8 Å². The molecule has 0 aromatic heterocycles. The average Bonchev–Trinajstić information content (AvgIpc) is 2.64. The number of amides is 1. The third kappa shape index (κ3) is 5.29. The first-order valence-electron chi connectivity index (χ1n) is 10.0. The quantitative estimate of drug-likeness (QED) is 0.848. The van der Waals surface area contributed by atoms with Crippen molar-refractivity contribution in [1.82, 2.24) is 9.62 Å². The topological polar surface area (TPSA) is 66.5 Å². The number of halogens is 1. The molecule has 2 fully saturated rings. The maximum absolute atomic E-state index is 13.0. The van der Waals surface area contributed by atoms with Crippen LogP contribution in [0.4, 0.5) is 4.39 Å². The number of piperidine rings is 1. The fourth-order valence-electron chi connectivity index (χ4n) is 4.03. The Kier molecular flexibility index (Phi) is 6.87. The van der Waals surface area contributed by atoms with Crippen molar-refractivity contribution in [3.8, 4) is 0 Å². The lowest BCUT2D eigenvalue weighted by Crippen LogP contribution is -2.45. The molecule has 1 saturated carbocycles. The molecule has 150 valence electrons. The Morgan fingerprint density at radius 3 is 2.07 bits per heavy atom. The largest absolute Gasteiger partial charge is 0.353 e. The van der Waals surface area contributed by atoms with E-state index in [0.717, 1.165) is 25.0 Å². The van der Waals surface area contributed by atoms with Crippen molar-refractivity contribution in [2.75, 3.05) is 13.1 Å². The van der Waals surface area contributed by atoms with Crippen LogP contribution in [0, 0.1) is 11.7 Å². The Balaban J connectivity index is 1.53. The van der Waals surface area contributed by atoms with Crippen LogP contribution in [0.3, 0.4) is 0 Å². The highest BCUT2D eigenvalue weighted by Crippen LogP contribution is 2.25. The van der Waals surface area contributed by atoms with Crippen molar-refractivity contribution in [2.24, 2.45) is 5.92 Å². The predicted molar refractivity (Wildman–Crippen MR) is 102 cm³/mol. The Morgan fingerprint density at radius 2 is 1.48 bits per heavy atom. The molecule has 1 aromatic rings. The third-order valence-electron chi connectivity index (χ3n) is 5.73. The van der Waals surface area contributed by atoms with E-state index < -0.39 is 15.8 Å². The van der Waals surface area contributed by atoms with Crippen molar-refractivity contribution < 1.29 is 17.6 Å². The number of nitrogens with one attached hydrogen (secondary N) is 1. The van der Waals surface area contributed by atoms with Crippen LogP contribution in [0.25, 0.3) is 0 Å². The molecule has 1 aromatic carbocycles. The minimum atomic E-state index is -3.63. The molecule has 0 unspecified atom stereocenters. The lowest BCUT2D eigenvalue weighted by atomic mass is 9.94. The first kappa shape index (κ1) is 20.3. The first-order valence-corrected chi connectivity index (χ1v) is 11.5. The van der Waals surface area contributed by atoms with Gasteiger partial charge in [0, 0.05) is 25.0 Å². The molecule has 3 rings (SSSR count). The van der Waals surface area contributed by atoms with Gasteiger partial charge in [-0.1, -0.05) is 32.1 Å². The van der Waals surface area contributed by atoms with Crippen LogP contribution in [0.15, 0.2) is 29.2 Å². The number of carbonyl (C=O) groups excluding carboxylic acids is 1. The molecule has 0 spiro atoms. The van der Waals surface area contributed by atoms with E-state index in [1.54, 1.807) is 0 Å². The minimum absolute atomic E-state index is 0.0689. The van der Waals surface area contributed by atoms with Crippen LogP contribution in [-0.4, -0.2) is 37.8 Å². The smallest absolute Gasteiger partial charge is 0.243 e. The van der Waals surface area contributed by atoms with Gasteiger partial charge < -0.3 is 5.32 Å². The van der Waals surface area contributed by atoms with Gasteiger partial charge in [-0.2, -0.15) is 4.31 Å². The summed E-state index contributed by atoms with van der Waals surface area (Å²) < 4.78 is 39.8. The highest BCUT2D eigenvalue weighted by molar-refractivity contribution is 7.89. The molecule has 0 radical (unpaired) electrons. The van der Waals surface area contributed by atoms with Crippen LogP contribution >= 0.6 is 0 Å². The van der Waals surface area contributed by atoms with E-state index in [2.05, 4.69) is 5.32 Å². The van der Waals surface area contributed by atoms with Gasteiger partial charge in [-0.15, -0.1) is 0 Å². The van der Waals surface area contributed by atoms with Crippen molar-refractivity contribution in [1.29, 1.82) is 0 Å². The third-order valence-corrected chi connectivity index (χ3v) is 7.64. The number of benzene rings is 1. The molecule has 7 heteroatoms. The van der Waals surface area contributed by atoms with Crippen molar-refractivity contribution in [3.63, 3.8) is 0 Å². The zero-order chi connectivity index (χ0) is 19.3. The van der Waals surface area contributed by atoms with Gasteiger partial charge in [-0.05, 0) is 49.9 Å². The second kappa shape index (κ2) is 9.15. The van der Waals surface area contributed by atoms with Gasteiger partial charge in [-0.3, -0.25) is 4.79 Å². The maximum Gasteiger partial charge on any atom is 0.243 e. The van der Waals surface area contributed by atoms with E-state index in [1.807, 2.05) is 0 Å². The van der Waals surface area contributed by atoms with Crippen molar-refractivity contribution in [2.45, 2.75) is 68.7 Å². The summed E-state index contributed by atoms with van der Waals surface area (Å²) in [6, 6.07) is 5.15. The standard InChI is InChI=1S/C20H29FN2O3S/c21-17-8-10-19(11-9-17)27(25,26)23-14-12-16(13-15-23)20(24)22-18-6-4-2-1-3-5-7-18/h8-11,16,18H,1-7,12-15H2,(H,22,24). The molecule has 1 amide bonds. The Morgan fingerprint density at radius 1 is 0.926 bits per heavy atom. The SMILES string of the molecule is O=C(NC1CCCCCCC1)C1CCN(S(=O)(=O)c2ccc(F)cc2)CC1. The number of hydrogen-bond donors (Lipinski definition) is 1. The summed E-state index contributed by atoms with van der Waals surface area (Å²) in [5, 5.41) is 3.20. The van der Waals surface area contributed by atoms with Crippen molar-refractivity contribution in [3.05, 3.63) is 30.1 Å². The van der Waals surface area contributed by atoms with Gasteiger partial charge in [-0.25, -0.2) is 12.8 Å². The predicted octanol–water partition coefficient (Wildman–Crippen LogP) is 3.46. The Labute approximate surface area is 161 Å². The summed E-state index contributed by atoms with van der Waals surface area (Å²) in [4.78, 5) is 12.7. The van der Waals surface area contributed by atoms with E-state index >= 15 is 0 Å². The fourth-order valence-corrected chi connectivity index (χ4v) is 5.50. The average molecular weight is 397 g/mol. The molecular formula is C20H29FN2O3S. The zero-order valence-corrected chi connectivity index (χ0v) is 16.5. The van der Waals surface area contributed by atoms with Crippen LogP contribution in [0.5, 0.6) is 0 Å². The summed E-state index contributed by atoms with van der Waals surface area (Å²) in [6.07, 6.45) is 9.25. The molecule has 1 N–H and O–H groups in total. The number of carbonyl (C=O) groups is 1. The van der Waals surface area contributed by atoms with Gasteiger partial charge in [0.05, 0.1) is 4.90 Å². The van der Waals surface area contributed by atoms with E-state index in [-0.39, 0.29) is 22.8 Å². The second-order valence-corrected chi connectivity index (χ2v) is 9.62. The van der Waals surface area contributed by atoms with Gasteiger partial charge in [0.2, 0.25) is 15.9 Å². The lowest BCUT2D eigenvalue weighted by molar-refractivity contribution is -0.127. The molecule has 2 aliphatic rings. The molecule has 0 atom stereocenters. The van der Waals surface area contributed by atoms with E-state index in [4.69, 9.17) is 0 Å². The van der Waals surface area contributed by atoms with Gasteiger partial charge in [0.15, 0.2) is 0 Å². The maximum atomic E-state index is 13.0.